The van der Waals surface area contributed by atoms with E-state index in [1.54, 1.807) is 0 Å². The molecule has 1 saturated carbocycles. The van der Waals surface area contributed by atoms with Gasteiger partial charge in [-0.05, 0) is 43.9 Å². The van der Waals surface area contributed by atoms with Crippen LogP contribution < -0.4 is 0 Å². The summed E-state index contributed by atoms with van der Waals surface area (Å²) in [6.07, 6.45) is 4.37. The van der Waals surface area contributed by atoms with Crippen LogP contribution in [0.25, 0.3) is 0 Å². The van der Waals surface area contributed by atoms with Gasteiger partial charge in [0, 0.05) is 6.42 Å². The summed E-state index contributed by atoms with van der Waals surface area (Å²) in [5, 5.41) is 0. The second kappa shape index (κ2) is 5.43. The van der Waals surface area contributed by atoms with Crippen LogP contribution in [0.2, 0.25) is 0 Å². The summed E-state index contributed by atoms with van der Waals surface area (Å²) >= 11 is 0. The fourth-order valence-electron chi connectivity index (χ4n) is 2.95. The Bertz CT molecular complexity index is 235. The van der Waals surface area contributed by atoms with Gasteiger partial charge < -0.3 is 0 Å². The first-order chi connectivity index (χ1) is 6.97. The molecule has 0 N–H and O–H groups in total. The Morgan fingerprint density at radius 3 is 2.07 bits per heavy atom. The first-order valence-corrected chi connectivity index (χ1v) is 5.98. The predicted molar refractivity (Wildman–Crippen MR) is 60.6 cm³/mol. The third kappa shape index (κ3) is 4.59. The molecule has 0 aromatic rings. The third-order valence-corrected chi connectivity index (χ3v) is 3.24. The fourth-order valence-corrected chi connectivity index (χ4v) is 2.95. The van der Waals surface area contributed by atoms with Gasteiger partial charge in [0.1, 0.15) is 11.6 Å². The molecule has 1 aliphatic rings. The third-order valence-electron chi connectivity index (χ3n) is 3.24. The average molecular weight is 210 g/mol. The Kier molecular flexibility index (Phi) is 4.49. The van der Waals surface area contributed by atoms with E-state index in [0.29, 0.717) is 12.3 Å². The summed E-state index contributed by atoms with van der Waals surface area (Å²) in [5.41, 5.74) is 0. The zero-order valence-electron chi connectivity index (χ0n) is 10.1. The topological polar surface area (TPSA) is 34.1 Å². The van der Waals surface area contributed by atoms with Crippen molar-refractivity contribution in [3.63, 3.8) is 0 Å². The Balaban J connectivity index is 2.37. The predicted octanol–water partition coefficient (Wildman–Crippen LogP) is 3.00. The van der Waals surface area contributed by atoms with E-state index in [0.717, 1.165) is 24.7 Å². The molecule has 86 valence electrons. The van der Waals surface area contributed by atoms with Crippen LogP contribution in [0, 0.1) is 17.8 Å². The van der Waals surface area contributed by atoms with Gasteiger partial charge >= 0.3 is 0 Å². The summed E-state index contributed by atoms with van der Waals surface area (Å²) in [6, 6.07) is 0. The lowest BCUT2D eigenvalue weighted by Gasteiger charge is -2.31. The largest absolute Gasteiger partial charge is 0.300 e. The number of hydrogen-bond donors (Lipinski definition) is 0. The van der Waals surface area contributed by atoms with E-state index in [2.05, 4.69) is 13.8 Å². The zero-order chi connectivity index (χ0) is 11.4. The maximum atomic E-state index is 11.5. The molecule has 0 aromatic carbocycles. The minimum atomic E-state index is -0.00286. The van der Waals surface area contributed by atoms with Crippen molar-refractivity contribution in [1.82, 2.24) is 0 Å². The van der Waals surface area contributed by atoms with Crippen molar-refractivity contribution in [2.24, 2.45) is 17.8 Å². The van der Waals surface area contributed by atoms with Gasteiger partial charge in [0.2, 0.25) is 0 Å². The van der Waals surface area contributed by atoms with Crippen LogP contribution >= 0.6 is 0 Å². The highest BCUT2D eigenvalue weighted by Gasteiger charge is 2.25. The number of Topliss-reactive ketones (excluding diaryl/α,β-unsaturated/α-hetero) is 2. The lowest BCUT2D eigenvalue weighted by molar-refractivity contribution is -0.126. The van der Waals surface area contributed by atoms with Crippen molar-refractivity contribution in [3.8, 4) is 0 Å². The van der Waals surface area contributed by atoms with Crippen LogP contribution in [-0.2, 0) is 9.59 Å². The summed E-state index contributed by atoms with van der Waals surface area (Å²) in [4.78, 5) is 22.3. The zero-order valence-corrected chi connectivity index (χ0v) is 10.1. The molecule has 0 aliphatic heterocycles. The maximum Gasteiger partial charge on any atom is 0.140 e. The molecule has 0 amide bonds. The first kappa shape index (κ1) is 12.4. The highest BCUT2D eigenvalue weighted by molar-refractivity contribution is 5.97. The molecule has 2 nitrogen and oxygen atoms in total. The molecule has 0 aromatic heterocycles. The molecule has 2 unspecified atom stereocenters. The molecule has 15 heavy (non-hydrogen) atoms. The van der Waals surface area contributed by atoms with Crippen LogP contribution in [0.15, 0.2) is 0 Å². The molecular formula is C13H22O2. The lowest BCUT2D eigenvalue weighted by Crippen LogP contribution is -2.22. The van der Waals surface area contributed by atoms with E-state index in [1.165, 1.54) is 13.3 Å². The molecule has 0 spiro atoms. The van der Waals surface area contributed by atoms with Gasteiger partial charge in [-0.1, -0.05) is 13.8 Å². The van der Waals surface area contributed by atoms with Gasteiger partial charge in [0.15, 0.2) is 0 Å². The summed E-state index contributed by atoms with van der Waals surface area (Å²) in [6.45, 7) is 6.01. The Morgan fingerprint density at radius 2 is 1.60 bits per heavy atom. The van der Waals surface area contributed by atoms with Crippen molar-refractivity contribution in [1.29, 1.82) is 0 Å². The van der Waals surface area contributed by atoms with Crippen molar-refractivity contribution in [3.05, 3.63) is 0 Å². The second-order valence-electron chi connectivity index (χ2n) is 5.41. The van der Waals surface area contributed by atoms with Gasteiger partial charge in [-0.3, -0.25) is 9.59 Å². The molecular weight excluding hydrogens is 188 g/mol. The van der Waals surface area contributed by atoms with Gasteiger partial charge in [-0.15, -0.1) is 0 Å². The molecule has 1 rings (SSSR count). The molecule has 0 radical (unpaired) electrons. The smallest absolute Gasteiger partial charge is 0.140 e. The number of hydrogen-bond acceptors (Lipinski definition) is 2. The van der Waals surface area contributed by atoms with E-state index in [1.807, 2.05) is 0 Å². The Labute approximate surface area is 92.4 Å². The second-order valence-corrected chi connectivity index (χ2v) is 5.41. The van der Waals surface area contributed by atoms with E-state index < -0.39 is 0 Å². The molecule has 1 fully saturated rings. The number of ketones is 2. The molecule has 0 heterocycles. The highest BCUT2D eigenvalue weighted by atomic mass is 16.1. The normalized spacial score (nSPS) is 31.3. The Hall–Kier alpha value is -0.660. The van der Waals surface area contributed by atoms with Crippen LogP contribution in [0.4, 0.5) is 0 Å². The SMILES string of the molecule is CC(=O)CC(=O)CC1CC(C)CC(C)C1. The minimum absolute atomic E-state index is 0.00286. The average Bonchev–Trinajstić information content (AvgIpc) is 1.98. The molecule has 2 heteroatoms. The van der Waals surface area contributed by atoms with E-state index in [-0.39, 0.29) is 18.0 Å². The van der Waals surface area contributed by atoms with Gasteiger partial charge in [-0.25, -0.2) is 0 Å². The fraction of sp³-hybridized carbons (Fsp3) is 0.846. The molecule has 1 aliphatic carbocycles. The van der Waals surface area contributed by atoms with Crippen molar-refractivity contribution in [2.75, 3.05) is 0 Å². The van der Waals surface area contributed by atoms with Crippen LogP contribution in [0.3, 0.4) is 0 Å². The van der Waals surface area contributed by atoms with Crippen LogP contribution in [0.1, 0.15) is 52.9 Å². The van der Waals surface area contributed by atoms with E-state index in [4.69, 9.17) is 0 Å². The van der Waals surface area contributed by atoms with Gasteiger partial charge in [-0.2, -0.15) is 0 Å². The van der Waals surface area contributed by atoms with E-state index >= 15 is 0 Å². The van der Waals surface area contributed by atoms with Crippen molar-refractivity contribution >= 4 is 11.6 Å². The van der Waals surface area contributed by atoms with Crippen LogP contribution in [0.5, 0.6) is 0 Å². The van der Waals surface area contributed by atoms with Gasteiger partial charge in [0.25, 0.3) is 0 Å². The summed E-state index contributed by atoms with van der Waals surface area (Å²) < 4.78 is 0. The number of carbonyl (C=O) groups is 2. The quantitative estimate of drug-likeness (QED) is 0.668. The summed E-state index contributed by atoms with van der Waals surface area (Å²) in [7, 11) is 0. The molecule has 2 atom stereocenters. The molecule has 0 bridgehead atoms. The van der Waals surface area contributed by atoms with Crippen molar-refractivity contribution < 1.29 is 9.59 Å². The van der Waals surface area contributed by atoms with Gasteiger partial charge in [0.05, 0.1) is 6.42 Å². The number of carbonyl (C=O) groups excluding carboxylic acids is 2. The Morgan fingerprint density at radius 1 is 1.07 bits per heavy atom. The monoisotopic (exact) mass is 210 g/mol. The minimum Gasteiger partial charge on any atom is -0.300 e. The van der Waals surface area contributed by atoms with Crippen molar-refractivity contribution in [2.45, 2.75) is 52.9 Å². The molecule has 0 saturated heterocycles. The number of rotatable bonds is 4. The standard InChI is InChI=1S/C13H22O2/c1-9-4-10(2)6-12(5-9)8-13(15)7-11(3)14/h9-10,12H,4-8H2,1-3H3. The summed E-state index contributed by atoms with van der Waals surface area (Å²) in [5.74, 6) is 2.13. The highest BCUT2D eigenvalue weighted by Crippen LogP contribution is 2.34. The van der Waals surface area contributed by atoms with E-state index in [9.17, 15) is 9.59 Å². The lowest BCUT2D eigenvalue weighted by atomic mass is 9.75. The maximum absolute atomic E-state index is 11.5. The first-order valence-electron chi connectivity index (χ1n) is 5.98. The van der Waals surface area contributed by atoms with Crippen LogP contribution in [-0.4, -0.2) is 11.6 Å².